The Morgan fingerprint density at radius 2 is 2.21 bits per heavy atom. The molecule has 6 nitrogen and oxygen atoms in total. The maximum Gasteiger partial charge on any atom is 0.255 e. The first-order valence-corrected chi connectivity index (χ1v) is 8.67. The van der Waals surface area contributed by atoms with Crippen molar-refractivity contribution in [2.24, 2.45) is 10.9 Å². The molecule has 0 bridgehead atoms. The lowest BCUT2D eigenvalue weighted by atomic mass is 9.96. The van der Waals surface area contributed by atoms with E-state index in [0.717, 1.165) is 45.6 Å². The molecule has 24 heavy (non-hydrogen) atoms. The van der Waals surface area contributed by atoms with Gasteiger partial charge in [0.05, 0.1) is 12.1 Å². The lowest BCUT2D eigenvalue weighted by Crippen LogP contribution is -2.48. The fourth-order valence-electron chi connectivity index (χ4n) is 3.27. The number of aromatic nitrogens is 1. The van der Waals surface area contributed by atoms with E-state index in [9.17, 15) is 4.79 Å². The van der Waals surface area contributed by atoms with E-state index in [1.165, 1.54) is 0 Å². The summed E-state index contributed by atoms with van der Waals surface area (Å²) in [7, 11) is 0. The predicted octanol–water partition coefficient (Wildman–Crippen LogP) is 2.03. The van der Waals surface area contributed by atoms with E-state index in [1.807, 2.05) is 36.5 Å². The maximum atomic E-state index is 12.6. The number of rotatable bonds is 5. The topological polar surface area (TPSA) is 52.0 Å². The molecule has 2 aliphatic rings. The Morgan fingerprint density at radius 3 is 2.83 bits per heavy atom. The molecule has 3 heterocycles. The molecule has 1 aromatic rings. The SMILES string of the molecule is CCN(CC1CCN(N2C=NC=CC2)CC1)C(=O)c1cccnc1. The largest absolute Gasteiger partial charge is 0.339 e. The number of hydrogen-bond donors (Lipinski definition) is 0. The van der Waals surface area contributed by atoms with Gasteiger partial charge >= 0.3 is 0 Å². The van der Waals surface area contributed by atoms with Gasteiger partial charge in [0.15, 0.2) is 0 Å². The van der Waals surface area contributed by atoms with Gasteiger partial charge in [-0.05, 0) is 43.9 Å². The second kappa shape index (κ2) is 8.06. The van der Waals surface area contributed by atoms with Crippen molar-refractivity contribution in [2.75, 3.05) is 32.7 Å². The third-order valence-electron chi connectivity index (χ3n) is 4.69. The minimum atomic E-state index is 0.0846. The minimum Gasteiger partial charge on any atom is -0.339 e. The normalized spacial score (nSPS) is 18.8. The summed E-state index contributed by atoms with van der Waals surface area (Å²) in [5, 5.41) is 4.53. The second-order valence-electron chi connectivity index (χ2n) is 6.25. The van der Waals surface area contributed by atoms with Crippen LogP contribution in [0.5, 0.6) is 0 Å². The van der Waals surface area contributed by atoms with Gasteiger partial charge in [0.2, 0.25) is 0 Å². The molecule has 1 fully saturated rings. The maximum absolute atomic E-state index is 12.6. The number of carbonyl (C=O) groups excluding carboxylic acids is 1. The van der Waals surface area contributed by atoms with Crippen LogP contribution in [0.4, 0.5) is 0 Å². The van der Waals surface area contributed by atoms with Gasteiger partial charge in [-0.1, -0.05) is 0 Å². The zero-order chi connectivity index (χ0) is 16.8. The van der Waals surface area contributed by atoms with E-state index >= 15 is 0 Å². The predicted molar refractivity (Wildman–Crippen MR) is 94.4 cm³/mol. The van der Waals surface area contributed by atoms with E-state index in [4.69, 9.17) is 0 Å². The summed E-state index contributed by atoms with van der Waals surface area (Å²) in [5.41, 5.74) is 0.674. The first-order valence-electron chi connectivity index (χ1n) is 8.67. The number of aliphatic imine (C=N–C) groups is 1. The van der Waals surface area contributed by atoms with Gasteiger partial charge in [0.1, 0.15) is 6.34 Å². The molecular formula is C18H25N5O. The molecule has 2 aliphatic heterocycles. The number of piperidine rings is 1. The molecule has 128 valence electrons. The number of hydrogen-bond acceptors (Lipinski definition) is 5. The van der Waals surface area contributed by atoms with Crippen LogP contribution in [0.1, 0.15) is 30.1 Å². The van der Waals surface area contributed by atoms with E-state index in [0.29, 0.717) is 11.5 Å². The molecule has 0 aliphatic carbocycles. The lowest BCUT2D eigenvalue weighted by molar-refractivity contribution is 0.0163. The van der Waals surface area contributed by atoms with Crippen LogP contribution in [-0.2, 0) is 0 Å². The second-order valence-corrected chi connectivity index (χ2v) is 6.25. The van der Waals surface area contributed by atoms with Crippen molar-refractivity contribution in [3.8, 4) is 0 Å². The van der Waals surface area contributed by atoms with Crippen LogP contribution in [0.25, 0.3) is 0 Å². The highest BCUT2D eigenvalue weighted by atomic mass is 16.2. The number of hydrazine groups is 1. The van der Waals surface area contributed by atoms with Gasteiger partial charge in [0.25, 0.3) is 5.91 Å². The molecule has 0 spiro atoms. The molecule has 0 unspecified atom stereocenters. The summed E-state index contributed by atoms with van der Waals surface area (Å²) in [6.45, 7) is 6.53. The zero-order valence-corrected chi connectivity index (χ0v) is 14.2. The molecule has 0 radical (unpaired) electrons. The van der Waals surface area contributed by atoms with Gasteiger partial charge in [-0.15, -0.1) is 0 Å². The fourth-order valence-corrected chi connectivity index (χ4v) is 3.27. The van der Waals surface area contributed by atoms with Crippen molar-refractivity contribution in [3.63, 3.8) is 0 Å². The molecule has 1 amide bonds. The number of nitrogens with zero attached hydrogens (tertiary/aromatic N) is 5. The van der Waals surface area contributed by atoms with Crippen molar-refractivity contribution in [2.45, 2.75) is 19.8 Å². The molecule has 1 saturated heterocycles. The van der Waals surface area contributed by atoms with Crippen molar-refractivity contribution in [1.29, 1.82) is 0 Å². The molecule has 0 saturated carbocycles. The Morgan fingerprint density at radius 1 is 1.38 bits per heavy atom. The highest BCUT2D eigenvalue weighted by molar-refractivity contribution is 5.93. The fraction of sp³-hybridized carbons (Fsp3) is 0.500. The Bertz CT molecular complexity index is 593. The van der Waals surface area contributed by atoms with E-state index in [-0.39, 0.29) is 5.91 Å². The third kappa shape index (κ3) is 4.00. The summed E-state index contributed by atoms with van der Waals surface area (Å²) in [6, 6.07) is 3.65. The molecule has 0 N–H and O–H groups in total. The Kier molecular flexibility index (Phi) is 5.59. The first kappa shape index (κ1) is 16.6. The van der Waals surface area contributed by atoms with Crippen molar-refractivity contribution in [1.82, 2.24) is 19.9 Å². The summed E-state index contributed by atoms with van der Waals surface area (Å²) < 4.78 is 0. The van der Waals surface area contributed by atoms with E-state index in [2.05, 4.69) is 26.1 Å². The van der Waals surface area contributed by atoms with Crippen LogP contribution in [0.3, 0.4) is 0 Å². The van der Waals surface area contributed by atoms with Gasteiger partial charge < -0.3 is 4.90 Å². The first-order chi connectivity index (χ1) is 11.8. The number of amides is 1. The molecule has 3 rings (SSSR count). The average Bonchev–Trinajstić information content (AvgIpc) is 2.67. The molecule has 0 atom stereocenters. The summed E-state index contributed by atoms with van der Waals surface area (Å²) in [5.74, 6) is 0.639. The van der Waals surface area contributed by atoms with Crippen molar-refractivity contribution >= 4 is 12.2 Å². The Balaban J connectivity index is 1.51. The molecular weight excluding hydrogens is 302 g/mol. The summed E-state index contributed by atoms with van der Waals surface area (Å²) in [6.07, 6.45) is 11.4. The number of pyridine rings is 1. The van der Waals surface area contributed by atoms with Crippen LogP contribution in [-0.4, -0.2) is 64.9 Å². The highest BCUT2D eigenvalue weighted by Crippen LogP contribution is 2.20. The summed E-state index contributed by atoms with van der Waals surface area (Å²) in [4.78, 5) is 22.8. The van der Waals surface area contributed by atoms with Crippen LogP contribution in [0.2, 0.25) is 0 Å². The van der Waals surface area contributed by atoms with E-state index in [1.54, 1.807) is 12.4 Å². The Hall–Kier alpha value is -2.21. The van der Waals surface area contributed by atoms with Crippen LogP contribution in [0, 0.1) is 5.92 Å². The summed E-state index contributed by atoms with van der Waals surface area (Å²) >= 11 is 0. The quantitative estimate of drug-likeness (QED) is 0.830. The smallest absolute Gasteiger partial charge is 0.255 e. The molecule has 1 aromatic heterocycles. The third-order valence-corrected chi connectivity index (χ3v) is 4.69. The van der Waals surface area contributed by atoms with Crippen molar-refractivity contribution in [3.05, 3.63) is 42.4 Å². The minimum absolute atomic E-state index is 0.0846. The van der Waals surface area contributed by atoms with Crippen LogP contribution in [0.15, 0.2) is 41.8 Å². The molecule has 0 aromatic carbocycles. The van der Waals surface area contributed by atoms with Gasteiger partial charge in [-0.2, -0.15) is 0 Å². The van der Waals surface area contributed by atoms with Crippen LogP contribution >= 0.6 is 0 Å². The number of carbonyl (C=O) groups is 1. The van der Waals surface area contributed by atoms with Gasteiger partial charge in [0, 0.05) is 44.8 Å². The standard InChI is InChI=1S/C18H25N5O/c1-2-21(18(24)17-5-3-8-19-13-17)14-16-6-11-22(12-7-16)23-10-4-9-20-15-23/h3-5,8-9,13,15-16H,2,6-7,10-12,14H2,1H3. The van der Waals surface area contributed by atoms with Crippen molar-refractivity contribution < 1.29 is 4.79 Å². The zero-order valence-electron chi connectivity index (χ0n) is 14.2. The van der Waals surface area contributed by atoms with Crippen LogP contribution < -0.4 is 0 Å². The Labute approximate surface area is 143 Å². The lowest BCUT2D eigenvalue weighted by Gasteiger charge is -2.39. The monoisotopic (exact) mass is 327 g/mol. The highest BCUT2D eigenvalue weighted by Gasteiger charge is 2.25. The van der Waals surface area contributed by atoms with Gasteiger partial charge in [-0.3, -0.25) is 14.8 Å². The van der Waals surface area contributed by atoms with E-state index < -0.39 is 0 Å². The average molecular weight is 327 g/mol. The van der Waals surface area contributed by atoms with Gasteiger partial charge in [-0.25, -0.2) is 10.0 Å². The molecule has 6 heteroatoms.